The lowest BCUT2D eigenvalue weighted by Crippen LogP contribution is -3.00. The minimum absolute atomic E-state index is 0. The molecule has 6 nitrogen and oxygen atoms in total. The second kappa shape index (κ2) is 10.2. The molecule has 0 aliphatic carbocycles. The average molecular weight is 344 g/mol. The van der Waals surface area contributed by atoms with Gasteiger partial charge in [0.05, 0.1) is 7.11 Å². The first-order chi connectivity index (χ1) is 10.4. The van der Waals surface area contributed by atoms with Gasteiger partial charge in [0.2, 0.25) is 0 Å². The van der Waals surface area contributed by atoms with Gasteiger partial charge in [0.25, 0.3) is 5.91 Å². The number of ether oxygens (including phenoxy) is 1. The number of hydrogen-bond donors (Lipinski definition) is 3. The Hall–Kier alpha value is -1.63. The Balaban J connectivity index is 0.00000484. The number of nitrogens with two attached hydrogens (primary N) is 1. The van der Waals surface area contributed by atoms with Gasteiger partial charge >= 0.3 is 5.97 Å². The Morgan fingerprint density at radius 3 is 2.30 bits per heavy atom. The molecule has 130 valence electrons. The molecule has 0 aromatic heterocycles. The van der Waals surface area contributed by atoms with Gasteiger partial charge < -0.3 is 33.3 Å². The Labute approximate surface area is 142 Å². The molecule has 4 N–H and O–H groups in total. The normalized spacial score (nSPS) is 14.3. The van der Waals surface area contributed by atoms with E-state index in [-0.39, 0.29) is 18.3 Å². The molecule has 0 radical (unpaired) electrons. The first-order valence-corrected chi connectivity index (χ1v) is 7.22. The summed E-state index contributed by atoms with van der Waals surface area (Å²) in [6.45, 7) is 3.55. The first-order valence-electron chi connectivity index (χ1n) is 7.22. The summed E-state index contributed by atoms with van der Waals surface area (Å²) in [6, 6.07) is 7.78. The molecule has 3 unspecified atom stereocenters. The minimum Gasteiger partial charge on any atom is -1.00 e. The Morgan fingerprint density at radius 1 is 1.26 bits per heavy atom. The Bertz CT molecular complexity index is 496. The quantitative estimate of drug-likeness (QED) is 0.465. The smallest absolute Gasteiger partial charge is 0.328 e. The average Bonchev–Trinajstić information content (AvgIpc) is 2.51. The van der Waals surface area contributed by atoms with E-state index in [0.29, 0.717) is 6.42 Å². The SMILES string of the molecule is COC(=O)C(NC(=O)C(O)C(N)Cc1ccccc1)C(C)C.[Cl-]. The number of carbonyl (C=O) groups excluding carboxylic acids is 2. The number of benzene rings is 1. The molecule has 0 spiro atoms. The van der Waals surface area contributed by atoms with Crippen molar-refractivity contribution < 1.29 is 31.8 Å². The van der Waals surface area contributed by atoms with E-state index < -0.39 is 30.1 Å². The molecule has 0 aliphatic heterocycles. The van der Waals surface area contributed by atoms with Crippen LogP contribution in [0.5, 0.6) is 0 Å². The van der Waals surface area contributed by atoms with Crippen LogP contribution in [0.1, 0.15) is 19.4 Å². The fourth-order valence-electron chi connectivity index (χ4n) is 2.06. The third-order valence-electron chi connectivity index (χ3n) is 3.41. The molecule has 1 rings (SSSR count). The third-order valence-corrected chi connectivity index (χ3v) is 3.41. The lowest BCUT2D eigenvalue weighted by molar-refractivity contribution is -0.147. The summed E-state index contributed by atoms with van der Waals surface area (Å²) in [5, 5.41) is 12.5. The molecule has 0 heterocycles. The summed E-state index contributed by atoms with van der Waals surface area (Å²) in [6.07, 6.45) is -1.04. The molecule has 23 heavy (non-hydrogen) atoms. The highest BCUT2D eigenvalue weighted by molar-refractivity contribution is 5.87. The second-order valence-corrected chi connectivity index (χ2v) is 5.55. The maximum atomic E-state index is 12.1. The van der Waals surface area contributed by atoms with Crippen molar-refractivity contribution in [2.75, 3.05) is 7.11 Å². The maximum absolute atomic E-state index is 12.1. The van der Waals surface area contributed by atoms with Crippen LogP contribution in [0.3, 0.4) is 0 Å². The number of carbonyl (C=O) groups is 2. The second-order valence-electron chi connectivity index (χ2n) is 5.55. The van der Waals surface area contributed by atoms with Crippen molar-refractivity contribution in [3.05, 3.63) is 35.9 Å². The van der Waals surface area contributed by atoms with Gasteiger partial charge in [-0.15, -0.1) is 0 Å². The molecule has 0 fully saturated rings. The number of amides is 1. The fourth-order valence-corrected chi connectivity index (χ4v) is 2.06. The predicted molar refractivity (Wildman–Crippen MR) is 82.9 cm³/mol. The van der Waals surface area contributed by atoms with E-state index in [1.165, 1.54) is 7.11 Å². The van der Waals surface area contributed by atoms with Crippen molar-refractivity contribution in [2.45, 2.75) is 38.5 Å². The van der Waals surface area contributed by atoms with Gasteiger partial charge in [0.15, 0.2) is 0 Å². The summed E-state index contributed by atoms with van der Waals surface area (Å²) < 4.78 is 4.64. The molecular formula is C16H24ClN2O4-. The molecule has 7 heteroatoms. The van der Waals surface area contributed by atoms with Crippen molar-refractivity contribution >= 4 is 11.9 Å². The molecule has 1 amide bonds. The zero-order chi connectivity index (χ0) is 16.7. The van der Waals surface area contributed by atoms with Gasteiger partial charge in [-0.1, -0.05) is 44.2 Å². The van der Waals surface area contributed by atoms with Gasteiger partial charge in [-0.25, -0.2) is 4.79 Å². The monoisotopic (exact) mass is 343 g/mol. The zero-order valence-corrected chi connectivity index (χ0v) is 14.3. The van der Waals surface area contributed by atoms with Gasteiger partial charge in [-0.05, 0) is 17.9 Å². The van der Waals surface area contributed by atoms with Crippen LogP contribution in [-0.2, 0) is 20.7 Å². The molecular weight excluding hydrogens is 320 g/mol. The molecule has 0 saturated heterocycles. The van der Waals surface area contributed by atoms with Crippen LogP contribution in [0.4, 0.5) is 0 Å². The largest absolute Gasteiger partial charge is 1.00 e. The number of hydrogen-bond acceptors (Lipinski definition) is 5. The van der Waals surface area contributed by atoms with Crippen LogP contribution in [-0.4, -0.2) is 42.3 Å². The van der Waals surface area contributed by atoms with E-state index >= 15 is 0 Å². The molecule has 1 aromatic carbocycles. The van der Waals surface area contributed by atoms with Crippen molar-refractivity contribution in [1.29, 1.82) is 0 Å². The highest BCUT2D eigenvalue weighted by atomic mass is 35.5. The summed E-state index contributed by atoms with van der Waals surface area (Å²) in [5.41, 5.74) is 6.81. The summed E-state index contributed by atoms with van der Waals surface area (Å²) in [7, 11) is 1.25. The van der Waals surface area contributed by atoms with Crippen LogP contribution < -0.4 is 23.5 Å². The summed E-state index contributed by atoms with van der Waals surface area (Å²) in [5.74, 6) is -1.38. The summed E-state index contributed by atoms with van der Waals surface area (Å²) in [4.78, 5) is 23.7. The van der Waals surface area contributed by atoms with E-state index in [1.54, 1.807) is 13.8 Å². The molecule has 0 aliphatic rings. The topological polar surface area (TPSA) is 102 Å². The number of esters is 1. The van der Waals surface area contributed by atoms with Crippen LogP contribution in [0, 0.1) is 5.92 Å². The number of methoxy groups -OCH3 is 1. The van der Waals surface area contributed by atoms with E-state index in [0.717, 1.165) is 5.56 Å². The van der Waals surface area contributed by atoms with Gasteiger partial charge in [0.1, 0.15) is 12.1 Å². The van der Waals surface area contributed by atoms with Gasteiger partial charge in [-0.3, -0.25) is 4.79 Å². The van der Waals surface area contributed by atoms with E-state index in [1.807, 2.05) is 30.3 Å². The highest BCUT2D eigenvalue weighted by Crippen LogP contribution is 2.07. The standard InChI is InChI=1S/C16H24N2O4.ClH/c1-10(2)13(16(21)22-3)18-15(20)14(19)12(17)9-11-7-5-4-6-8-11;/h4-8,10,12-14,19H,9,17H2,1-3H3,(H,18,20);1H/p-1. The third kappa shape index (κ3) is 6.56. The van der Waals surface area contributed by atoms with Gasteiger partial charge in [-0.2, -0.15) is 0 Å². The minimum atomic E-state index is -1.40. The fraction of sp³-hybridized carbons (Fsp3) is 0.500. The Kier molecular flexibility index (Phi) is 9.48. The van der Waals surface area contributed by atoms with E-state index in [4.69, 9.17) is 5.73 Å². The number of nitrogens with one attached hydrogen (secondary N) is 1. The number of rotatable bonds is 7. The maximum Gasteiger partial charge on any atom is 0.328 e. The van der Waals surface area contributed by atoms with Crippen LogP contribution in [0.2, 0.25) is 0 Å². The first kappa shape index (κ1) is 21.4. The molecule has 0 bridgehead atoms. The van der Waals surface area contributed by atoms with E-state index in [2.05, 4.69) is 10.1 Å². The lowest BCUT2D eigenvalue weighted by Gasteiger charge is -2.24. The van der Waals surface area contributed by atoms with Crippen LogP contribution in [0.15, 0.2) is 30.3 Å². The van der Waals surface area contributed by atoms with Crippen molar-refractivity contribution in [3.8, 4) is 0 Å². The number of aliphatic hydroxyl groups is 1. The van der Waals surface area contributed by atoms with Crippen LogP contribution >= 0.6 is 0 Å². The molecule has 3 atom stereocenters. The van der Waals surface area contributed by atoms with Crippen molar-refractivity contribution in [2.24, 2.45) is 11.7 Å². The van der Waals surface area contributed by atoms with Crippen LogP contribution in [0.25, 0.3) is 0 Å². The number of aliphatic hydroxyl groups excluding tert-OH is 1. The summed E-state index contributed by atoms with van der Waals surface area (Å²) >= 11 is 0. The highest BCUT2D eigenvalue weighted by Gasteiger charge is 2.30. The molecule has 1 aromatic rings. The van der Waals surface area contributed by atoms with Crippen molar-refractivity contribution in [1.82, 2.24) is 5.32 Å². The van der Waals surface area contributed by atoms with Crippen molar-refractivity contribution in [3.63, 3.8) is 0 Å². The Morgan fingerprint density at radius 2 is 1.83 bits per heavy atom. The lowest BCUT2D eigenvalue weighted by atomic mass is 10.00. The number of halogens is 1. The predicted octanol–water partition coefficient (Wildman–Crippen LogP) is -2.76. The molecule has 0 saturated carbocycles. The van der Waals surface area contributed by atoms with E-state index in [9.17, 15) is 14.7 Å². The van der Waals surface area contributed by atoms with Gasteiger partial charge in [0, 0.05) is 6.04 Å². The zero-order valence-electron chi connectivity index (χ0n) is 13.5.